The molecule has 1 aliphatic carbocycles. The first-order valence-corrected chi connectivity index (χ1v) is 5.93. The van der Waals surface area contributed by atoms with Crippen LogP contribution in [-0.4, -0.2) is 0 Å². The second-order valence-corrected chi connectivity index (χ2v) is 4.46. The summed E-state index contributed by atoms with van der Waals surface area (Å²) >= 11 is -0.833. The van der Waals surface area contributed by atoms with Crippen molar-refractivity contribution in [1.29, 1.82) is 0 Å². The third kappa shape index (κ3) is 3.91. The summed E-state index contributed by atoms with van der Waals surface area (Å²) in [4.78, 5) is 0. The molecule has 0 unspecified atom stereocenters. The first-order valence-electron chi connectivity index (χ1n) is 4.66. The molecule has 1 aromatic rings. The van der Waals surface area contributed by atoms with Gasteiger partial charge in [0.15, 0.2) is 0 Å². The van der Waals surface area contributed by atoms with Crippen LogP contribution < -0.4 is 24.8 Å². The number of rotatable bonds is 3. The molecule has 4 heteroatoms. The van der Waals surface area contributed by atoms with Gasteiger partial charge in [-0.1, -0.05) is 0 Å². The normalized spacial score (nSPS) is 12.8. The van der Waals surface area contributed by atoms with Gasteiger partial charge in [0.05, 0.1) is 0 Å². The van der Waals surface area contributed by atoms with E-state index in [0.717, 1.165) is 17.1 Å². The minimum absolute atomic E-state index is 0. The third-order valence-corrected chi connectivity index (χ3v) is 3.43. The summed E-state index contributed by atoms with van der Waals surface area (Å²) in [6.07, 6.45) is 6.02. The van der Waals surface area contributed by atoms with Gasteiger partial charge in [0.25, 0.3) is 0 Å². The first-order chi connectivity index (χ1) is 6.90. The predicted molar refractivity (Wildman–Crippen MR) is 51.6 cm³/mol. The summed E-state index contributed by atoms with van der Waals surface area (Å²) in [5.41, 5.74) is 2.55. The number of hydrogen-bond donors (Lipinski definition) is 0. The Balaban J connectivity index is 0.00000112. The monoisotopic (exact) mass is 292 g/mol. The van der Waals surface area contributed by atoms with E-state index in [-0.39, 0.29) is 24.8 Å². The van der Waals surface area contributed by atoms with Crippen molar-refractivity contribution in [2.45, 2.75) is 12.8 Å². The Morgan fingerprint density at radius 1 is 1.12 bits per heavy atom. The van der Waals surface area contributed by atoms with Gasteiger partial charge >= 0.3 is 90.7 Å². The molecule has 0 heterocycles. The third-order valence-electron chi connectivity index (χ3n) is 2.35. The molecule has 1 aliphatic rings. The molecule has 0 saturated carbocycles. The molecule has 2 rings (SSSR count). The van der Waals surface area contributed by atoms with Gasteiger partial charge in [-0.25, -0.2) is 0 Å². The molecule has 0 atom stereocenters. The van der Waals surface area contributed by atoms with Crippen LogP contribution >= 0.6 is 0 Å². The van der Waals surface area contributed by atoms with Crippen molar-refractivity contribution < 1.29 is 44.7 Å². The van der Waals surface area contributed by atoms with Crippen molar-refractivity contribution in [3.8, 4) is 0 Å². The molecular weight excluding hydrogens is 282 g/mol. The van der Waals surface area contributed by atoms with Gasteiger partial charge in [-0.2, -0.15) is 0 Å². The van der Waals surface area contributed by atoms with Crippen molar-refractivity contribution in [1.82, 2.24) is 0 Å². The second-order valence-electron chi connectivity index (χ2n) is 3.33. The Labute approximate surface area is 115 Å². The molecule has 0 aliphatic heterocycles. The summed E-state index contributed by atoms with van der Waals surface area (Å²) in [6.45, 7) is 0. The van der Waals surface area contributed by atoms with Gasteiger partial charge in [0.1, 0.15) is 0 Å². The van der Waals surface area contributed by atoms with Crippen LogP contribution in [0.2, 0.25) is 0 Å². The van der Waals surface area contributed by atoms with Gasteiger partial charge in [-0.3, -0.25) is 0 Å². The molecule has 0 N–H and O–H groups in total. The van der Waals surface area contributed by atoms with Crippen LogP contribution in [0.1, 0.15) is 12.0 Å². The molecule has 84 valence electrons. The molecule has 1 nitrogen and oxygen atoms in total. The van der Waals surface area contributed by atoms with Gasteiger partial charge < -0.3 is 24.8 Å². The van der Waals surface area contributed by atoms with Crippen molar-refractivity contribution >= 4 is 0 Å². The Kier molecular flexibility index (Phi) is 7.70. The van der Waals surface area contributed by atoms with Crippen molar-refractivity contribution in [2.75, 3.05) is 0 Å². The maximum absolute atomic E-state index is 10.9. The number of halogens is 2. The molecular formula is C12H11Cl2OV. The van der Waals surface area contributed by atoms with E-state index in [1.165, 1.54) is 11.1 Å². The van der Waals surface area contributed by atoms with Crippen LogP contribution in [-0.2, 0) is 26.3 Å². The molecule has 0 bridgehead atoms. The van der Waals surface area contributed by atoms with Gasteiger partial charge in [0, 0.05) is 0 Å². The van der Waals surface area contributed by atoms with Crippen LogP contribution in [0, 0.1) is 0 Å². The van der Waals surface area contributed by atoms with Crippen molar-refractivity contribution in [2.24, 2.45) is 0 Å². The predicted octanol–water partition coefficient (Wildman–Crippen LogP) is -3.12. The fourth-order valence-corrected chi connectivity index (χ4v) is 2.32. The van der Waals surface area contributed by atoms with Crippen LogP contribution in [0.25, 0.3) is 0 Å². The van der Waals surface area contributed by atoms with E-state index >= 15 is 0 Å². The summed E-state index contributed by atoms with van der Waals surface area (Å²) in [5, 5.41) is 0. The van der Waals surface area contributed by atoms with Crippen LogP contribution in [0.3, 0.4) is 0 Å². The summed E-state index contributed by atoms with van der Waals surface area (Å²) < 4.78 is 12.1. The average Bonchev–Trinajstić information content (AvgIpc) is 2.67. The summed E-state index contributed by atoms with van der Waals surface area (Å²) in [5.74, 6) is 0. The van der Waals surface area contributed by atoms with Crippen LogP contribution in [0.15, 0.2) is 52.3 Å². The zero-order valence-corrected chi connectivity index (χ0v) is 11.5. The Hall–Kier alpha value is -0.336. The second kappa shape index (κ2) is 7.86. The molecule has 0 amide bonds. The van der Waals surface area contributed by atoms with Crippen LogP contribution in [0.4, 0.5) is 0 Å². The first kappa shape index (κ1) is 15.7. The van der Waals surface area contributed by atoms with E-state index < -0.39 is 16.2 Å². The van der Waals surface area contributed by atoms with E-state index in [2.05, 4.69) is 24.3 Å². The fraction of sp³-hybridized carbons (Fsp3) is 0.167. The van der Waals surface area contributed by atoms with Gasteiger partial charge in [-0.05, 0) is 0 Å². The zero-order chi connectivity index (χ0) is 9.80. The Bertz CT molecular complexity index is 399. The number of benzene rings is 1. The van der Waals surface area contributed by atoms with Gasteiger partial charge in [-0.15, -0.1) is 0 Å². The average molecular weight is 293 g/mol. The molecule has 16 heavy (non-hydrogen) atoms. The van der Waals surface area contributed by atoms with Crippen LogP contribution in [0.5, 0.6) is 0 Å². The van der Waals surface area contributed by atoms with Gasteiger partial charge in [0.2, 0.25) is 0 Å². The molecule has 1 aromatic carbocycles. The number of hydrogen-bond acceptors (Lipinski definition) is 1. The Morgan fingerprint density at radius 2 is 1.81 bits per heavy atom. The molecule has 0 fully saturated rings. The SMILES string of the molecule is [Cl-].[Cl-].[O]=[V+2][C]1=C(Cc2ccccc2)C=CC1. The van der Waals surface area contributed by atoms with Crippen molar-refractivity contribution in [3.63, 3.8) is 0 Å². The van der Waals surface area contributed by atoms with E-state index in [1.807, 2.05) is 18.2 Å². The summed E-state index contributed by atoms with van der Waals surface area (Å²) in [6, 6.07) is 10.3. The Morgan fingerprint density at radius 3 is 2.44 bits per heavy atom. The summed E-state index contributed by atoms with van der Waals surface area (Å²) in [7, 11) is 0. The molecule has 0 spiro atoms. The molecule has 0 radical (unpaired) electrons. The fourth-order valence-electron chi connectivity index (χ4n) is 1.61. The van der Waals surface area contributed by atoms with E-state index in [1.54, 1.807) is 0 Å². The quantitative estimate of drug-likeness (QED) is 0.576. The van der Waals surface area contributed by atoms with E-state index in [4.69, 9.17) is 0 Å². The van der Waals surface area contributed by atoms with Crippen molar-refractivity contribution in [3.05, 3.63) is 57.9 Å². The van der Waals surface area contributed by atoms with E-state index in [0.29, 0.717) is 0 Å². The number of allylic oxidation sites excluding steroid dienone is 4. The minimum atomic E-state index is -0.833. The molecule has 0 aromatic heterocycles. The standard InChI is InChI=1S/C12H11.2ClH.O.V/c1-2-6-11(7-3-1)10-12-8-4-5-9-12;;;;/h1-4,6-8H,5,10H2;2*1H;;/q;;;;+2/p-2. The topological polar surface area (TPSA) is 17.1 Å². The maximum atomic E-state index is 10.9. The van der Waals surface area contributed by atoms with E-state index in [9.17, 15) is 3.67 Å². The molecule has 0 saturated heterocycles. The zero-order valence-electron chi connectivity index (χ0n) is 8.57.